The highest BCUT2D eigenvalue weighted by molar-refractivity contribution is 7.99. The number of aryl methyl sites for hydroxylation is 1. The average Bonchev–Trinajstić information content (AvgIpc) is 3.27. The highest BCUT2D eigenvalue weighted by atomic mass is 35.6. The maximum atomic E-state index is 12.1. The summed E-state index contributed by atoms with van der Waals surface area (Å²) in [7, 11) is 1.95. The zero-order valence-corrected chi connectivity index (χ0v) is 22.7. The number of nitrogens with one attached hydrogen (secondary N) is 1. The van der Waals surface area contributed by atoms with Crippen LogP contribution in [0.1, 0.15) is 36.0 Å². The molecule has 0 radical (unpaired) electrons. The molecular formula is C25H26Cl3N3O4S. The van der Waals surface area contributed by atoms with Crippen molar-refractivity contribution in [2.24, 2.45) is 13.0 Å². The van der Waals surface area contributed by atoms with Crippen LogP contribution in [0, 0.1) is 5.92 Å². The molecular weight excluding hydrogens is 545 g/mol. The van der Waals surface area contributed by atoms with Gasteiger partial charge in [-0.3, -0.25) is 4.79 Å². The van der Waals surface area contributed by atoms with E-state index in [-0.39, 0.29) is 24.7 Å². The SMILES string of the molecule is C[C@@H]1[C@H](CSc2nccn2C)O[C@H](c2cccc(NC(=O)C(Cl)(Cl)Cl)c2)O[C@@H]1c1ccc(CO)cc1. The summed E-state index contributed by atoms with van der Waals surface area (Å²) >= 11 is 18.7. The third-order valence-electron chi connectivity index (χ3n) is 5.95. The number of amides is 1. The average molecular weight is 571 g/mol. The molecule has 1 aromatic heterocycles. The van der Waals surface area contributed by atoms with Crippen molar-refractivity contribution < 1.29 is 19.4 Å². The van der Waals surface area contributed by atoms with Crippen LogP contribution in [0.2, 0.25) is 0 Å². The number of hydrogen-bond donors (Lipinski definition) is 2. The first-order chi connectivity index (χ1) is 17.2. The molecule has 2 N–H and O–H groups in total. The van der Waals surface area contributed by atoms with Gasteiger partial charge in [-0.15, -0.1) is 0 Å². The van der Waals surface area contributed by atoms with E-state index < -0.39 is 16.0 Å². The number of rotatable bonds is 7. The maximum Gasteiger partial charge on any atom is 0.276 e. The Morgan fingerprint density at radius 2 is 1.92 bits per heavy atom. The fraction of sp³-hybridized carbons (Fsp3) is 0.360. The summed E-state index contributed by atoms with van der Waals surface area (Å²) in [5.41, 5.74) is 2.99. The van der Waals surface area contributed by atoms with Crippen molar-refractivity contribution in [3.63, 3.8) is 0 Å². The van der Waals surface area contributed by atoms with E-state index in [1.165, 1.54) is 0 Å². The van der Waals surface area contributed by atoms with Gasteiger partial charge in [0.15, 0.2) is 11.4 Å². The largest absolute Gasteiger partial charge is 0.392 e. The van der Waals surface area contributed by atoms with E-state index in [0.29, 0.717) is 17.0 Å². The standard InChI is InChI=1S/C25H26Cl3N3O4S/c1-15-20(14-36-24-29-10-11-31(24)2)34-22(35-21(15)17-8-6-16(13-32)7-9-17)18-4-3-5-19(12-18)30-23(33)25(26,27)28/h3-12,15,20-22,32H,13-14H2,1-2H3,(H,30,33)/t15-,20+,21+,22+/m1/s1. The molecule has 0 aliphatic carbocycles. The molecule has 1 aliphatic rings. The van der Waals surface area contributed by atoms with Crippen molar-refractivity contribution in [3.05, 3.63) is 77.6 Å². The van der Waals surface area contributed by atoms with E-state index >= 15 is 0 Å². The highest BCUT2D eigenvalue weighted by Crippen LogP contribution is 2.43. The first kappa shape index (κ1) is 27.3. The van der Waals surface area contributed by atoms with Gasteiger partial charge >= 0.3 is 0 Å². The molecule has 2 aromatic carbocycles. The van der Waals surface area contributed by atoms with E-state index in [9.17, 15) is 9.90 Å². The lowest BCUT2D eigenvalue weighted by Gasteiger charge is -2.41. The van der Waals surface area contributed by atoms with Crippen molar-refractivity contribution in [2.75, 3.05) is 11.1 Å². The lowest BCUT2D eigenvalue weighted by molar-refractivity contribution is -0.268. The van der Waals surface area contributed by atoms with Crippen LogP contribution < -0.4 is 5.32 Å². The number of thioether (sulfide) groups is 1. The fourth-order valence-electron chi connectivity index (χ4n) is 3.92. The zero-order valence-electron chi connectivity index (χ0n) is 19.6. The molecule has 7 nitrogen and oxygen atoms in total. The molecule has 0 unspecified atom stereocenters. The van der Waals surface area contributed by atoms with Crippen LogP contribution in [-0.2, 0) is 27.9 Å². The predicted octanol–water partition coefficient (Wildman–Crippen LogP) is 5.80. The number of nitrogens with zero attached hydrogens (tertiary/aromatic N) is 2. The van der Waals surface area contributed by atoms with E-state index in [0.717, 1.165) is 16.3 Å². The molecule has 192 valence electrons. The number of alkyl halides is 3. The number of ether oxygens (including phenoxy) is 2. The summed E-state index contributed by atoms with van der Waals surface area (Å²) in [6.45, 7) is 2.07. The molecule has 1 aliphatic heterocycles. The van der Waals surface area contributed by atoms with Crippen LogP contribution in [0.25, 0.3) is 0 Å². The number of anilines is 1. The van der Waals surface area contributed by atoms with Crippen molar-refractivity contribution in [3.8, 4) is 0 Å². The second-order valence-electron chi connectivity index (χ2n) is 8.53. The number of aromatic nitrogens is 2. The van der Waals surface area contributed by atoms with Crippen molar-refractivity contribution in [2.45, 2.75) is 41.0 Å². The number of carbonyl (C=O) groups excluding carboxylic acids is 1. The van der Waals surface area contributed by atoms with Gasteiger partial charge in [-0.1, -0.05) is 89.9 Å². The van der Waals surface area contributed by atoms with E-state index in [2.05, 4.69) is 17.2 Å². The van der Waals surface area contributed by atoms with Gasteiger partial charge < -0.3 is 24.5 Å². The third kappa shape index (κ3) is 6.55. The van der Waals surface area contributed by atoms with Gasteiger partial charge in [-0.2, -0.15) is 0 Å². The van der Waals surface area contributed by atoms with Crippen LogP contribution in [0.3, 0.4) is 0 Å². The summed E-state index contributed by atoms with van der Waals surface area (Å²) in [5.74, 6) is -0.0583. The molecule has 4 atom stereocenters. The Morgan fingerprint density at radius 1 is 1.17 bits per heavy atom. The maximum absolute atomic E-state index is 12.1. The topological polar surface area (TPSA) is 85.6 Å². The minimum Gasteiger partial charge on any atom is -0.392 e. The molecule has 0 spiro atoms. The lowest BCUT2D eigenvalue weighted by atomic mass is 9.91. The number of hydrogen-bond acceptors (Lipinski definition) is 6. The third-order valence-corrected chi connectivity index (χ3v) is 7.61. The van der Waals surface area contributed by atoms with Crippen molar-refractivity contribution in [1.29, 1.82) is 0 Å². The normalized spacial score (nSPS) is 22.4. The summed E-state index contributed by atoms with van der Waals surface area (Å²) in [4.78, 5) is 16.5. The fourth-order valence-corrected chi connectivity index (χ4v) is 5.16. The van der Waals surface area contributed by atoms with Gasteiger partial charge in [0.25, 0.3) is 9.70 Å². The molecule has 4 rings (SSSR count). The Kier molecular flexibility index (Phi) is 8.88. The Balaban J connectivity index is 1.59. The van der Waals surface area contributed by atoms with Gasteiger partial charge in [0, 0.05) is 42.4 Å². The molecule has 36 heavy (non-hydrogen) atoms. The van der Waals surface area contributed by atoms with E-state index in [1.807, 2.05) is 48.1 Å². The molecule has 0 bridgehead atoms. The monoisotopic (exact) mass is 569 g/mol. The molecule has 1 amide bonds. The van der Waals surface area contributed by atoms with Crippen LogP contribution in [0.15, 0.2) is 66.1 Å². The predicted molar refractivity (Wildman–Crippen MR) is 142 cm³/mol. The van der Waals surface area contributed by atoms with Gasteiger partial charge in [-0.05, 0) is 23.3 Å². The number of halogens is 3. The second kappa shape index (κ2) is 11.7. The van der Waals surface area contributed by atoms with Crippen molar-refractivity contribution >= 4 is 58.2 Å². The number of benzene rings is 2. The molecule has 0 saturated carbocycles. The first-order valence-corrected chi connectivity index (χ1v) is 13.4. The zero-order chi connectivity index (χ0) is 25.9. The molecule has 11 heteroatoms. The number of aliphatic hydroxyl groups is 1. The lowest BCUT2D eigenvalue weighted by Crippen LogP contribution is -2.38. The Bertz CT molecular complexity index is 1190. The molecule has 3 aromatic rings. The minimum absolute atomic E-state index is 0.0251. The van der Waals surface area contributed by atoms with Crippen LogP contribution in [0.4, 0.5) is 5.69 Å². The summed E-state index contributed by atoms with van der Waals surface area (Å²) in [6.07, 6.45) is 2.56. The van der Waals surface area contributed by atoms with Crippen LogP contribution in [0.5, 0.6) is 0 Å². The van der Waals surface area contributed by atoms with Gasteiger partial charge in [0.1, 0.15) is 0 Å². The van der Waals surface area contributed by atoms with Crippen molar-refractivity contribution in [1.82, 2.24) is 9.55 Å². The van der Waals surface area contributed by atoms with Crippen LogP contribution in [-0.4, -0.2) is 36.2 Å². The number of aliphatic hydroxyl groups excluding tert-OH is 1. The highest BCUT2D eigenvalue weighted by Gasteiger charge is 2.39. The summed E-state index contributed by atoms with van der Waals surface area (Å²) in [5, 5.41) is 12.9. The smallest absolute Gasteiger partial charge is 0.276 e. The first-order valence-electron chi connectivity index (χ1n) is 11.2. The molecule has 1 fully saturated rings. The Labute approximate surface area is 229 Å². The molecule has 1 saturated heterocycles. The van der Waals surface area contributed by atoms with Gasteiger partial charge in [0.2, 0.25) is 0 Å². The Morgan fingerprint density at radius 3 is 2.56 bits per heavy atom. The molecule has 2 heterocycles. The number of carbonyl (C=O) groups is 1. The van der Waals surface area contributed by atoms with Crippen LogP contribution >= 0.6 is 46.6 Å². The Hall–Kier alpha value is -1.78. The van der Waals surface area contributed by atoms with Gasteiger partial charge in [-0.25, -0.2) is 4.98 Å². The second-order valence-corrected chi connectivity index (χ2v) is 11.8. The minimum atomic E-state index is -2.08. The number of imidazole rings is 1. The summed E-state index contributed by atoms with van der Waals surface area (Å²) in [6, 6.07) is 14.8. The van der Waals surface area contributed by atoms with E-state index in [1.54, 1.807) is 36.2 Å². The summed E-state index contributed by atoms with van der Waals surface area (Å²) < 4.78 is 12.8. The van der Waals surface area contributed by atoms with E-state index in [4.69, 9.17) is 44.3 Å². The van der Waals surface area contributed by atoms with Gasteiger partial charge in [0.05, 0.1) is 18.8 Å². The quantitative estimate of drug-likeness (QED) is 0.276.